The number of pyridine rings is 2. The fourth-order valence-electron chi connectivity index (χ4n) is 6.51. The number of amides is 2. The Labute approximate surface area is 341 Å². The highest BCUT2D eigenvalue weighted by Gasteiger charge is 2.36. The number of anilines is 2. The summed E-state index contributed by atoms with van der Waals surface area (Å²) in [7, 11) is 3.41. The van der Waals surface area contributed by atoms with Crippen LogP contribution in [0.15, 0.2) is 77.9 Å². The first-order valence-electron chi connectivity index (χ1n) is 18.9. The molecule has 7 rings (SSSR count). The second-order valence-corrected chi connectivity index (χ2v) is 15.3. The Hall–Kier alpha value is -7.31. The van der Waals surface area contributed by atoms with Crippen LogP contribution in [0.2, 0.25) is 0 Å². The molecule has 2 aliphatic rings. The van der Waals surface area contributed by atoms with Gasteiger partial charge in [-0.15, -0.1) is 5.92 Å². The lowest BCUT2D eigenvalue weighted by Gasteiger charge is -2.44. The van der Waals surface area contributed by atoms with Crippen molar-refractivity contribution in [2.45, 2.75) is 51.8 Å². The number of likely N-dealkylation sites (N-methyl/N-ethyl adjacent to an activating group) is 2. The van der Waals surface area contributed by atoms with Crippen LogP contribution in [0.4, 0.5) is 20.8 Å². The number of aromatic nitrogens is 4. The summed E-state index contributed by atoms with van der Waals surface area (Å²) in [6.45, 7) is 9.84. The molecule has 0 unspecified atom stereocenters. The van der Waals surface area contributed by atoms with Crippen LogP contribution in [0.1, 0.15) is 66.0 Å². The van der Waals surface area contributed by atoms with Crippen LogP contribution in [0.3, 0.4) is 0 Å². The number of nitriles is 2. The zero-order chi connectivity index (χ0) is 42.4. The van der Waals surface area contributed by atoms with Gasteiger partial charge in [0.05, 0.1) is 39.9 Å². The number of carbonyl (C=O) groups is 2. The number of halogens is 1. The van der Waals surface area contributed by atoms with Crippen molar-refractivity contribution in [1.29, 1.82) is 10.5 Å². The first-order valence-corrected chi connectivity index (χ1v) is 18.9. The molecule has 3 aromatic heterocycles. The predicted octanol–water partition coefficient (Wildman–Crippen LogP) is 5.26. The number of rotatable bonds is 7. The third kappa shape index (κ3) is 9.63. The fraction of sp³-hybridized carbons (Fsp3) is 0.318. The summed E-state index contributed by atoms with van der Waals surface area (Å²) in [6, 6.07) is 20.9. The van der Waals surface area contributed by atoms with E-state index in [9.17, 15) is 18.8 Å². The largest absolute Gasteiger partial charge is 0.444 e. The summed E-state index contributed by atoms with van der Waals surface area (Å²) in [4.78, 5) is 53.2. The van der Waals surface area contributed by atoms with Gasteiger partial charge in [-0.2, -0.15) is 15.6 Å². The van der Waals surface area contributed by atoms with Crippen molar-refractivity contribution < 1.29 is 18.7 Å². The zero-order valence-corrected chi connectivity index (χ0v) is 33.7. The molecule has 2 fully saturated rings. The maximum absolute atomic E-state index is 14.8. The molecule has 0 saturated carbocycles. The molecule has 2 aromatic carbocycles. The number of hydrogen-bond donors (Lipinski definition) is 1. The molecule has 0 bridgehead atoms. The molecule has 59 heavy (non-hydrogen) atoms. The maximum atomic E-state index is 14.8. The number of nitrogens with one attached hydrogen (secondary N) is 1. The zero-order valence-electron chi connectivity index (χ0n) is 33.7. The minimum Gasteiger partial charge on any atom is -0.444 e. The number of nitrogens with zero attached hydrogens (tertiary/aromatic N) is 9. The van der Waals surface area contributed by atoms with Crippen LogP contribution in [-0.2, 0) is 11.2 Å². The van der Waals surface area contributed by atoms with E-state index >= 15 is 0 Å². The summed E-state index contributed by atoms with van der Waals surface area (Å²) >= 11 is 0. The van der Waals surface area contributed by atoms with E-state index in [1.54, 1.807) is 79.5 Å². The van der Waals surface area contributed by atoms with Crippen molar-refractivity contribution in [2.75, 3.05) is 50.1 Å². The van der Waals surface area contributed by atoms with Crippen molar-refractivity contribution in [2.24, 2.45) is 0 Å². The molecule has 5 heterocycles. The van der Waals surface area contributed by atoms with Crippen LogP contribution < -0.4 is 15.4 Å². The fourth-order valence-corrected chi connectivity index (χ4v) is 6.51. The summed E-state index contributed by atoms with van der Waals surface area (Å²) < 4.78 is 20.1. The number of aromatic amines is 1. The lowest BCUT2D eigenvalue weighted by atomic mass is 10.00. The van der Waals surface area contributed by atoms with E-state index in [0.717, 1.165) is 17.2 Å². The van der Waals surface area contributed by atoms with Crippen molar-refractivity contribution in [3.05, 3.63) is 123 Å². The molecule has 0 atom stereocenters. The smallest absolute Gasteiger partial charge is 0.410 e. The molecular formula is C44H43FN10O4. The Morgan fingerprint density at radius 2 is 1.42 bits per heavy atom. The van der Waals surface area contributed by atoms with Gasteiger partial charge in [-0.3, -0.25) is 9.59 Å². The first-order chi connectivity index (χ1) is 28.2. The van der Waals surface area contributed by atoms with Gasteiger partial charge in [0.2, 0.25) is 0 Å². The molecule has 2 amide bonds. The average Bonchev–Trinajstić information content (AvgIpc) is 3.18. The van der Waals surface area contributed by atoms with Crippen molar-refractivity contribution in [1.82, 2.24) is 30.0 Å². The van der Waals surface area contributed by atoms with Crippen molar-refractivity contribution in [3.8, 4) is 24.0 Å². The second kappa shape index (κ2) is 17.5. The van der Waals surface area contributed by atoms with Crippen LogP contribution in [0.5, 0.6) is 0 Å². The number of carbonyl (C=O) groups excluding carboxylic acids is 2. The van der Waals surface area contributed by atoms with Crippen LogP contribution in [-0.4, -0.2) is 99.9 Å². The topological polar surface area (TPSA) is 175 Å². The van der Waals surface area contributed by atoms with Crippen molar-refractivity contribution >= 4 is 34.4 Å². The maximum Gasteiger partial charge on any atom is 0.410 e. The van der Waals surface area contributed by atoms with E-state index < -0.39 is 17.3 Å². The van der Waals surface area contributed by atoms with E-state index in [1.165, 1.54) is 12.3 Å². The highest BCUT2D eigenvalue weighted by Crippen LogP contribution is 2.26. The van der Waals surface area contributed by atoms with Crippen LogP contribution >= 0.6 is 0 Å². The molecule has 2 saturated heterocycles. The van der Waals surface area contributed by atoms with Crippen LogP contribution in [0.25, 0.3) is 10.8 Å². The quantitative estimate of drug-likeness (QED) is 0.213. The molecule has 0 spiro atoms. The number of H-pyrrole nitrogens is 1. The molecule has 1 N–H and O–H groups in total. The molecule has 0 radical (unpaired) electrons. The van der Waals surface area contributed by atoms with Gasteiger partial charge < -0.3 is 24.3 Å². The first kappa shape index (κ1) is 41.3. The Kier molecular flexibility index (Phi) is 12.2. The number of ether oxygens (including phenoxy) is 1. The summed E-state index contributed by atoms with van der Waals surface area (Å²) in [5.41, 5.74) is 2.26. The minimum absolute atomic E-state index is 0.0220. The molecular weight excluding hydrogens is 752 g/mol. The van der Waals surface area contributed by atoms with Gasteiger partial charge in [-0.05, 0) is 87.9 Å². The lowest BCUT2D eigenvalue weighted by molar-refractivity contribution is 0.0196. The molecule has 300 valence electrons. The number of fused-ring (bicyclic) bond motifs is 1. The van der Waals surface area contributed by atoms with Gasteiger partial charge in [0, 0.05) is 70.0 Å². The van der Waals surface area contributed by atoms with Gasteiger partial charge in [0.25, 0.3) is 11.5 Å². The third-order valence-corrected chi connectivity index (χ3v) is 9.99. The molecule has 15 heteroatoms. The highest BCUT2D eigenvalue weighted by atomic mass is 19.1. The SMILES string of the molecule is CC#Cc1ccc2c(=O)[nH]nc(Cc3ccc(F)c(C(=O)N(C)C4CN(c5ccc(C#N)cn5)C4)c3)c2c1.CN(C(=O)OC(C)(C)C)C1CN(c2ccc(C#N)cn2)C1. The average molecular weight is 795 g/mol. The second-order valence-electron chi connectivity index (χ2n) is 15.3. The van der Waals surface area contributed by atoms with Gasteiger partial charge in [-0.1, -0.05) is 12.0 Å². The molecule has 5 aromatic rings. The molecule has 0 aliphatic carbocycles. The van der Waals surface area contributed by atoms with Gasteiger partial charge in [-0.25, -0.2) is 24.3 Å². The summed E-state index contributed by atoms with van der Waals surface area (Å²) in [6.07, 6.45) is 3.05. The van der Waals surface area contributed by atoms with E-state index in [2.05, 4.69) is 36.9 Å². The van der Waals surface area contributed by atoms with E-state index in [4.69, 9.17) is 15.3 Å². The normalized spacial score (nSPS) is 13.6. The van der Waals surface area contributed by atoms with E-state index in [1.807, 2.05) is 49.9 Å². The van der Waals surface area contributed by atoms with Gasteiger partial charge >= 0.3 is 6.09 Å². The van der Waals surface area contributed by atoms with E-state index in [-0.39, 0.29) is 29.3 Å². The lowest BCUT2D eigenvalue weighted by Crippen LogP contribution is -2.60. The minimum atomic E-state index is -0.602. The predicted molar refractivity (Wildman–Crippen MR) is 220 cm³/mol. The highest BCUT2D eigenvalue weighted by molar-refractivity contribution is 5.95. The van der Waals surface area contributed by atoms with Gasteiger partial charge in [0.1, 0.15) is 35.2 Å². The Balaban J connectivity index is 0.000000236. The third-order valence-electron chi connectivity index (χ3n) is 9.99. The standard InChI is InChI=1S/C29H23FN6O2.C15H20N4O2/c1-3-4-18-5-8-22-23(11-18)26(33-34-28(22)37)13-19-6-9-25(30)24(12-19)29(38)35(2)21-16-36(17-21)27-10-7-20(14-31)15-32-27;1-15(2,3)21-14(20)18(4)12-9-19(10-12)13-6-5-11(7-16)8-17-13/h5-12,15,21H,13,16-17H2,1-2H3,(H,34,37);5-6,8,12H,9-10H2,1-4H3. The van der Waals surface area contributed by atoms with Crippen LogP contribution in [0, 0.1) is 40.3 Å². The Morgan fingerprint density at radius 1 is 0.847 bits per heavy atom. The summed E-state index contributed by atoms with van der Waals surface area (Å²) in [5.74, 6) is 6.36. The Morgan fingerprint density at radius 3 is 1.95 bits per heavy atom. The monoisotopic (exact) mass is 794 g/mol. The van der Waals surface area contributed by atoms with Gasteiger partial charge in [0.15, 0.2) is 0 Å². The van der Waals surface area contributed by atoms with E-state index in [0.29, 0.717) is 65.8 Å². The molecule has 2 aliphatic heterocycles. The number of benzene rings is 2. The number of hydrogen-bond acceptors (Lipinski definition) is 11. The Bertz CT molecular complexity index is 2570. The van der Waals surface area contributed by atoms with Crippen molar-refractivity contribution in [3.63, 3.8) is 0 Å². The summed E-state index contributed by atoms with van der Waals surface area (Å²) in [5, 5.41) is 25.6. The molecule has 14 nitrogen and oxygen atoms in total.